The molecule has 2 aromatic rings. The first-order valence-electron chi connectivity index (χ1n) is 7.75. The fourth-order valence-corrected chi connectivity index (χ4v) is 3.55. The highest BCUT2D eigenvalue weighted by atomic mass is 79.9. The Morgan fingerprint density at radius 3 is 2.61 bits per heavy atom. The molecule has 0 aromatic heterocycles. The fourth-order valence-electron chi connectivity index (χ4n) is 3.17. The van der Waals surface area contributed by atoms with E-state index in [4.69, 9.17) is 5.73 Å². The summed E-state index contributed by atoms with van der Waals surface area (Å²) in [5.74, 6) is -0.134. The molecule has 3 rings (SSSR count). The molecule has 0 saturated carbocycles. The minimum atomic E-state index is -0.508. The lowest BCUT2D eigenvalue weighted by Crippen LogP contribution is -2.52. The first kappa shape index (κ1) is 16.0. The van der Waals surface area contributed by atoms with Gasteiger partial charge in [0.2, 0.25) is 5.91 Å². The van der Waals surface area contributed by atoms with Crippen LogP contribution in [0.5, 0.6) is 0 Å². The Morgan fingerprint density at radius 2 is 1.87 bits per heavy atom. The first-order chi connectivity index (χ1) is 11.0. The molecule has 1 aliphatic rings. The van der Waals surface area contributed by atoms with Crippen molar-refractivity contribution in [2.24, 2.45) is 11.7 Å². The van der Waals surface area contributed by atoms with Crippen LogP contribution in [0.3, 0.4) is 0 Å². The molecule has 0 bridgehead atoms. The van der Waals surface area contributed by atoms with Gasteiger partial charge in [0.15, 0.2) is 0 Å². The second-order valence-corrected chi connectivity index (χ2v) is 7.17. The average Bonchev–Trinajstić information content (AvgIpc) is 2.53. The number of carbonyl (C=O) groups excluding carboxylic acids is 2. The summed E-state index contributed by atoms with van der Waals surface area (Å²) in [4.78, 5) is 26.2. The van der Waals surface area contributed by atoms with Crippen molar-refractivity contribution in [3.05, 3.63) is 46.4 Å². The number of hydrogen-bond donors (Lipinski definition) is 1. The molecule has 0 aliphatic carbocycles. The fraction of sp³-hybridized carbons (Fsp3) is 0.333. The van der Waals surface area contributed by atoms with Gasteiger partial charge in [0.25, 0.3) is 5.91 Å². The van der Waals surface area contributed by atoms with Crippen molar-refractivity contribution in [3.63, 3.8) is 0 Å². The molecule has 2 atom stereocenters. The molecule has 2 N–H and O–H groups in total. The van der Waals surface area contributed by atoms with Gasteiger partial charge in [-0.3, -0.25) is 9.59 Å². The lowest BCUT2D eigenvalue weighted by molar-refractivity contribution is -0.124. The van der Waals surface area contributed by atoms with Gasteiger partial charge in [-0.05, 0) is 53.8 Å². The van der Waals surface area contributed by atoms with Crippen LogP contribution in [0.4, 0.5) is 0 Å². The van der Waals surface area contributed by atoms with Crippen LogP contribution in [0.15, 0.2) is 40.9 Å². The van der Waals surface area contributed by atoms with E-state index in [1.54, 1.807) is 4.90 Å². The normalized spacial score (nSPS) is 21.4. The largest absolute Gasteiger partial charge is 0.368 e. The molecule has 2 unspecified atom stereocenters. The van der Waals surface area contributed by atoms with E-state index >= 15 is 0 Å². The van der Waals surface area contributed by atoms with E-state index in [-0.39, 0.29) is 5.91 Å². The lowest BCUT2D eigenvalue weighted by atomic mass is 9.91. The zero-order chi connectivity index (χ0) is 16.6. The highest BCUT2D eigenvalue weighted by Gasteiger charge is 2.33. The van der Waals surface area contributed by atoms with Gasteiger partial charge in [0.05, 0.1) is 0 Å². The number of nitrogens with zero attached hydrogens (tertiary/aromatic N) is 1. The highest BCUT2D eigenvalue weighted by Crippen LogP contribution is 2.26. The number of nitrogens with two attached hydrogens (primary N) is 1. The summed E-state index contributed by atoms with van der Waals surface area (Å²) >= 11 is 3.45. The van der Waals surface area contributed by atoms with Crippen molar-refractivity contribution >= 4 is 38.5 Å². The molecular formula is C18H19BrN2O2. The van der Waals surface area contributed by atoms with E-state index in [1.807, 2.05) is 36.4 Å². The third-order valence-corrected chi connectivity index (χ3v) is 5.00. The molecule has 23 heavy (non-hydrogen) atoms. The van der Waals surface area contributed by atoms with Gasteiger partial charge in [-0.2, -0.15) is 0 Å². The number of rotatable bonds is 2. The van der Waals surface area contributed by atoms with Crippen molar-refractivity contribution in [2.45, 2.75) is 25.8 Å². The smallest absolute Gasteiger partial charge is 0.254 e. The predicted octanol–water partition coefficient (Wildman–Crippen LogP) is 3.33. The standard InChI is InChI=1S/C18H19BrN2O2/c1-11-6-7-21(16(8-11)17(20)22)18(23)14-3-2-13-10-15(19)5-4-12(13)9-14/h2-5,9-11,16H,6-8H2,1H3,(H2,20,22). The summed E-state index contributed by atoms with van der Waals surface area (Å²) in [7, 11) is 0. The topological polar surface area (TPSA) is 63.4 Å². The van der Waals surface area contributed by atoms with Crippen molar-refractivity contribution in [3.8, 4) is 0 Å². The number of amides is 2. The van der Waals surface area contributed by atoms with Gasteiger partial charge in [0.1, 0.15) is 6.04 Å². The van der Waals surface area contributed by atoms with Crippen LogP contribution < -0.4 is 5.73 Å². The minimum Gasteiger partial charge on any atom is -0.368 e. The Kier molecular flexibility index (Phi) is 4.39. The molecule has 2 aromatic carbocycles. The Balaban J connectivity index is 1.92. The van der Waals surface area contributed by atoms with Crippen LogP contribution in [-0.4, -0.2) is 29.3 Å². The number of carbonyl (C=O) groups is 2. The number of piperidine rings is 1. The first-order valence-corrected chi connectivity index (χ1v) is 8.54. The molecular weight excluding hydrogens is 356 g/mol. The third kappa shape index (κ3) is 3.24. The van der Waals surface area contributed by atoms with Gasteiger partial charge < -0.3 is 10.6 Å². The Labute approximate surface area is 143 Å². The molecule has 2 amide bonds. The van der Waals surface area contributed by atoms with E-state index in [9.17, 15) is 9.59 Å². The van der Waals surface area contributed by atoms with Crippen LogP contribution in [0, 0.1) is 5.92 Å². The SMILES string of the molecule is CC1CCN(C(=O)c2ccc3cc(Br)ccc3c2)C(C(N)=O)C1. The van der Waals surface area contributed by atoms with E-state index in [0.717, 1.165) is 21.7 Å². The summed E-state index contributed by atoms with van der Waals surface area (Å²) in [5, 5.41) is 2.06. The van der Waals surface area contributed by atoms with Gasteiger partial charge in [0, 0.05) is 16.6 Å². The molecule has 4 nitrogen and oxygen atoms in total. The average molecular weight is 375 g/mol. The van der Waals surface area contributed by atoms with E-state index in [2.05, 4.69) is 22.9 Å². The summed E-state index contributed by atoms with van der Waals surface area (Å²) in [6, 6.07) is 11.0. The Hall–Kier alpha value is -1.88. The highest BCUT2D eigenvalue weighted by molar-refractivity contribution is 9.10. The minimum absolute atomic E-state index is 0.120. The molecule has 1 fully saturated rings. The zero-order valence-corrected chi connectivity index (χ0v) is 14.5. The number of likely N-dealkylation sites (tertiary alicyclic amines) is 1. The summed E-state index contributed by atoms with van der Waals surface area (Å²) in [6.07, 6.45) is 1.54. The monoisotopic (exact) mass is 374 g/mol. The number of halogens is 1. The van der Waals surface area contributed by atoms with E-state index in [0.29, 0.717) is 24.4 Å². The van der Waals surface area contributed by atoms with Crippen LogP contribution in [0.1, 0.15) is 30.1 Å². The second-order valence-electron chi connectivity index (χ2n) is 6.25. The summed E-state index contributed by atoms with van der Waals surface area (Å²) in [6.45, 7) is 2.66. The van der Waals surface area contributed by atoms with Crippen molar-refractivity contribution in [1.82, 2.24) is 4.90 Å². The summed E-state index contributed by atoms with van der Waals surface area (Å²) in [5.41, 5.74) is 6.10. The van der Waals surface area contributed by atoms with E-state index in [1.165, 1.54) is 0 Å². The molecule has 0 spiro atoms. The molecule has 1 heterocycles. The van der Waals surface area contributed by atoms with Gasteiger partial charge in [-0.15, -0.1) is 0 Å². The number of primary amides is 1. The summed E-state index contributed by atoms with van der Waals surface area (Å²) < 4.78 is 1.00. The molecule has 1 saturated heterocycles. The van der Waals surface area contributed by atoms with Crippen LogP contribution >= 0.6 is 15.9 Å². The van der Waals surface area contributed by atoms with E-state index < -0.39 is 11.9 Å². The van der Waals surface area contributed by atoms with Crippen LogP contribution in [0.25, 0.3) is 10.8 Å². The van der Waals surface area contributed by atoms with Crippen LogP contribution in [0.2, 0.25) is 0 Å². The Bertz CT molecular complexity index is 775. The predicted molar refractivity (Wildman–Crippen MR) is 94.1 cm³/mol. The lowest BCUT2D eigenvalue weighted by Gasteiger charge is -2.36. The number of hydrogen-bond acceptors (Lipinski definition) is 2. The molecule has 0 radical (unpaired) electrons. The van der Waals surface area contributed by atoms with Crippen molar-refractivity contribution < 1.29 is 9.59 Å². The second kappa shape index (κ2) is 6.32. The van der Waals surface area contributed by atoms with Gasteiger partial charge in [-0.1, -0.05) is 35.0 Å². The molecule has 120 valence electrons. The maximum absolute atomic E-state index is 12.8. The van der Waals surface area contributed by atoms with Crippen molar-refractivity contribution in [2.75, 3.05) is 6.54 Å². The van der Waals surface area contributed by atoms with Crippen LogP contribution in [-0.2, 0) is 4.79 Å². The Morgan fingerprint density at radius 1 is 1.17 bits per heavy atom. The number of benzene rings is 2. The quantitative estimate of drug-likeness (QED) is 0.875. The van der Waals surface area contributed by atoms with Crippen molar-refractivity contribution in [1.29, 1.82) is 0 Å². The van der Waals surface area contributed by atoms with Gasteiger partial charge >= 0.3 is 0 Å². The molecule has 1 aliphatic heterocycles. The maximum atomic E-state index is 12.8. The maximum Gasteiger partial charge on any atom is 0.254 e. The molecule has 5 heteroatoms. The van der Waals surface area contributed by atoms with Gasteiger partial charge in [-0.25, -0.2) is 0 Å². The number of fused-ring (bicyclic) bond motifs is 1. The zero-order valence-electron chi connectivity index (χ0n) is 13.0. The third-order valence-electron chi connectivity index (χ3n) is 4.50.